The molecule has 0 saturated carbocycles. The topological polar surface area (TPSA) is 73.1 Å². The van der Waals surface area contributed by atoms with Gasteiger partial charge in [0.05, 0.1) is 12.4 Å². The highest BCUT2D eigenvalue weighted by Crippen LogP contribution is 2.27. The first-order valence-corrected chi connectivity index (χ1v) is 5.35. The third-order valence-electron chi connectivity index (χ3n) is 1.82. The third kappa shape index (κ3) is 3.20. The molecule has 0 fully saturated rings. The number of aromatic nitrogens is 2. The standard InChI is InChI=1S/C10H8Cl2N4O/c11-6-1-7(12)3-8(2-6)17-10-5-14-4-9(15-10)16-13/h1-5H,13H2,(H,15,16). The smallest absolute Gasteiger partial charge is 0.239 e. The summed E-state index contributed by atoms with van der Waals surface area (Å²) in [6.07, 6.45) is 2.92. The molecule has 0 aliphatic rings. The first-order valence-electron chi connectivity index (χ1n) is 4.60. The lowest BCUT2D eigenvalue weighted by molar-refractivity contribution is 0.461. The molecule has 7 heteroatoms. The van der Waals surface area contributed by atoms with Gasteiger partial charge in [0.25, 0.3) is 0 Å². The van der Waals surface area contributed by atoms with E-state index >= 15 is 0 Å². The van der Waals surface area contributed by atoms with Crippen LogP contribution in [0.25, 0.3) is 0 Å². The first-order chi connectivity index (χ1) is 8.17. The Morgan fingerprint density at radius 3 is 2.47 bits per heavy atom. The molecule has 0 amide bonds. The number of nitrogens with one attached hydrogen (secondary N) is 1. The van der Waals surface area contributed by atoms with Crippen LogP contribution in [-0.2, 0) is 0 Å². The molecule has 0 unspecified atom stereocenters. The Morgan fingerprint density at radius 1 is 1.12 bits per heavy atom. The van der Waals surface area contributed by atoms with E-state index in [2.05, 4.69) is 15.4 Å². The molecule has 5 nitrogen and oxygen atoms in total. The Morgan fingerprint density at radius 2 is 1.82 bits per heavy atom. The zero-order valence-electron chi connectivity index (χ0n) is 8.52. The summed E-state index contributed by atoms with van der Waals surface area (Å²) in [7, 11) is 0. The van der Waals surface area contributed by atoms with Crippen molar-refractivity contribution < 1.29 is 4.74 Å². The molecule has 0 atom stereocenters. The number of nitrogen functional groups attached to an aromatic ring is 1. The van der Waals surface area contributed by atoms with Gasteiger partial charge in [0.1, 0.15) is 5.75 Å². The average Bonchev–Trinajstić information content (AvgIpc) is 2.28. The molecule has 0 saturated heterocycles. The van der Waals surface area contributed by atoms with Gasteiger partial charge in [-0.2, -0.15) is 4.98 Å². The van der Waals surface area contributed by atoms with Crippen LogP contribution >= 0.6 is 23.2 Å². The van der Waals surface area contributed by atoms with E-state index in [1.807, 2.05) is 0 Å². The predicted molar refractivity (Wildman–Crippen MR) is 66.4 cm³/mol. The number of nitrogens with zero attached hydrogens (tertiary/aromatic N) is 2. The zero-order valence-corrected chi connectivity index (χ0v) is 10.0. The number of hydrogen-bond donors (Lipinski definition) is 2. The van der Waals surface area contributed by atoms with Crippen molar-refractivity contribution in [1.82, 2.24) is 9.97 Å². The van der Waals surface area contributed by atoms with E-state index in [0.717, 1.165) is 0 Å². The molecule has 2 aromatic rings. The van der Waals surface area contributed by atoms with E-state index in [9.17, 15) is 0 Å². The highest BCUT2D eigenvalue weighted by Gasteiger charge is 2.03. The van der Waals surface area contributed by atoms with E-state index in [1.165, 1.54) is 12.4 Å². The van der Waals surface area contributed by atoms with Crippen molar-refractivity contribution in [3.63, 3.8) is 0 Å². The van der Waals surface area contributed by atoms with Crippen molar-refractivity contribution in [1.29, 1.82) is 0 Å². The third-order valence-corrected chi connectivity index (χ3v) is 2.26. The number of nitrogens with two attached hydrogens (primary N) is 1. The molecule has 1 heterocycles. The number of halogens is 2. The summed E-state index contributed by atoms with van der Waals surface area (Å²) in [6.45, 7) is 0. The second kappa shape index (κ2) is 5.18. The maximum absolute atomic E-state index is 5.84. The zero-order chi connectivity index (χ0) is 12.3. The molecule has 0 aliphatic carbocycles. The Bertz CT molecular complexity index is 515. The molecule has 0 radical (unpaired) electrons. The van der Waals surface area contributed by atoms with Crippen LogP contribution in [0.5, 0.6) is 11.6 Å². The summed E-state index contributed by atoms with van der Waals surface area (Å²) < 4.78 is 5.44. The number of hydrazine groups is 1. The van der Waals surface area contributed by atoms with Gasteiger partial charge in [0.15, 0.2) is 5.82 Å². The van der Waals surface area contributed by atoms with Crippen LogP contribution in [0.2, 0.25) is 10.0 Å². The van der Waals surface area contributed by atoms with E-state index < -0.39 is 0 Å². The summed E-state index contributed by atoms with van der Waals surface area (Å²) in [5, 5.41) is 0.960. The van der Waals surface area contributed by atoms with E-state index in [-0.39, 0.29) is 0 Å². The second-order valence-corrected chi connectivity index (χ2v) is 3.97. The van der Waals surface area contributed by atoms with Crippen LogP contribution in [0.1, 0.15) is 0 Å². The summed E-state index contributed by atoms with van der Waals surface area (Å²) >= 11 is 11.7. The largest absolute Gasteiger partial charge is 0.437 e. The summed E-state index contributed by atoms with van der Waals surface area (Å²) in [4.78, 5) is 7.94. The maximum atomic E-state index is 5.84. The predicted octanol–water partition coefficient (Wildman–Crippen LogP) is 2.86. The molecular formula is C10H8Cl2N4O. The molecule has 0 aliphatic heterocycles. The molecule has 0 bridgehead atoms. The van der Waals surface area contributed by atoms with Crippen molar-refractivity contribution in [2.45, 2.75) is 0 Å². The van der Waals surface area contributed by atoms with Crippen LogP contribution in [-0.4, -0.2) is 9.97 Å². The highest BCUT2D eigenvalue weighted by molar-refractivity contribution is 6.34. The van der Waals surface area contributed by atoms with Crippen LogP contribution < -0.4 is 16.0 Å². The van der Waals surface area contributed by atoms with Crippen LogP contribution in [0.15, 0.2) is 30.6 Å². The van der Waals surface area contributed by atoms with E-state index in [1.54, 1.807) is 18.2 Å². The lowest BCUT2D eigenvalue weighted by Gasteiger charge is -2.06. The molecule has 1 aromatic heterocycles. The fraction of sp³-hybridized carbons (Fsp3) is 0. The van der Waals surface area contributed by atoms with Gasteiger partial charge in [0.2, 0.25) is 5.88 Å². The van der Waals surface area contributed by atoms with Gasteiger partial charge < -0.3 is 10.2 Å². The van der Waals surface area contributed by atoms with Gasteiger partial charge in [-0.1, -0.05) is 23.2 Å². The Hall–Kier alpha value is -1.56. The minimum absolute atomic E-state index is 0.291. The minimum Gasteiger partial charge on any atom is -0.437 e. The Kier molecular flexibility index (Phi) is 3.63. The van der Waals surface area contributed by atoms with Gasteiger partial charge in [0, 0.05) is 10.0 Å². The van der Waals surface area contributed by atoms with Gasteiger partial charge in [-0.05, 0) is 18.2 Å². The maximum Gasteiger partial charge on any atom is 0.239 e. The van der Waals surface area contributed by atoms with Gasteiger partial charge >= 0.3 is 0 Å². The van der Waals surface area contributed by atoms with Crippen LogP contribution in [0.3, 0.4) is 0 Å². The Balaban J connectivity index is 2.24. The van der Waals surface area contributed by atoms with Crippen molar-refractivity contribution in [2.24, 2.45) is 5.84 Å². The van der Waals surface area contributed by atoms with Crippen LogP contribution in [0, 0.1) is 0 Å². The molecular weight excluding hydrogens is 263 g/mol. The van der Waals surface area contributed by atoms with Gasteiger partial charge in [-0.25, -0.2) is 5.84 Å². The molecule has 1 aromatic carbocycles. The second-order valence-electron chi connectivity index (χ2n) is 3.09. The molecule has 3 N–H and O–H groups in total. The number of rotatable bonds is 3. The SMILES string of the molecule is NNc1cncc(Oc2cc(Cl)cc(Cl)c2)n1. The lowest BCUT2D eigenvalue weighted by atomic mass is 10.3. The number of hydrogen-bond acceptors (Lipinski definition) is 5. The quantitative estimate of drug-likeness (QED) is 0.663. The first kappa shape index (κ1) is 11.9. The lowest BCUT2D eigenvalue weighted by Crippen LogP contribution is -2.08. The number of anilines is 1. The molecule has 2 rings (SSSR count). The monoisotopic (exact) mass is 270 g/mol. The van der Waals surface area contributed by atoms with Crippen molar-refractivity contribution in [2.75, 3.05) is 5.43 Å². The van der Waals surface area contributed by atoms with Gasteiger partial charge in [-0.3, -0.25) is 4.98 Å². The molecule has 88 valence electrons. The fourth-order valence-electron chi connectivity index (χ4n) is 1.18. The highest BCUT2D eigenvalue weighted by atomic mass is 35.5. The van der Waals surface area contributed by atoms with Crippen molar-refractivity contribution >= 4 is 29.0 Å². The summed E-state index contributed by atoms with van der Waals surface area (Å²) in [5.74, 6) is 6.38. The van der Waals surface area contributed by atoms with Crippen LogP contribution in [0.4, 0.5) is 5.82 Å². The average molecular weight is 271 g/mol. The molecule has 17 heavy (non-hydrogen) atoms. The number of benzene rings is 1. The van der Waals surface area contributed by atoms with Gasteiger partial charge in [-0.15, -0.1) is 0 Å². The Labute approximate surface area is 108 Å². The summed E-state index contributed by atoms with van der Waals surface area (Å²) in [6, 6.07) is 4.86. The number of ether oxygens (including phenoxy) is 1. The molecule has 0 spiro atoms. The fourth-order valence-corrected chi connectivity index (χ4v) is 1.68. The summed E-state index contributed by atoms with van der Waals surface area (Å²) in [5.41, 5.74) is 2.37. The van der Waals surface area contributed by atoms with Crippen molar-refractivity contribution in [3.05, 3.63) is 40.6 Å². The van der Waals surface area contributed by atoms with E-state index in [0.29, 0.717) is 27.5 Å². The minimum atomic E-state index is 0.291. The van der Waals surface area contributed by atoms with Crippen molar-refractivity contribution in [3.8, 4) is 11.6 Å². The van der Waals surface area contributed by atoms with E-state index in [4.69, 9.17) is 33.8 Å². The normalized spacial score (nSPS) is 10.1.